The van der Waals surface area contributed by atoms with E-state index in [0.717, 1.165) is 12.2 Å². The van der Waals surface area contributed by atoms with Crippen LogP contribution in [0.5, 0.6) is 5.88 Å². The Morgan fingerprint density at radius 2 is 1.84 bits per heavy atom. The van der Waals surface area contributed by atoms with Gasteiger partial charge in [-0.1, -0.05) is 20.8 Å². The predicted molar refractivity (Wildman–Crippen MR) is 78.5 cm³/mol. The molecule has 4 nitrogen and oxygen atoms in total. The predicted octanol–water partition coefficient (Wildman–Crippen LogP) is 3.00. The number of aromatic nitrogens is 2. The van der Waals surface area contributed by atoms with Crippen molar-refractivity contribution in [2.45, 2.75) is 59.6 Å². The minimum Gasteiger partial charge on any atom is -0.475 e. The number of nitrogens with zero attached hydrogens (tertiary/aromatic N) is 2. The van der Waals surface area contributed by atoms with E-state index in [1.54, 1.807) is 6.33 Å². The van der Waals surface area contributed by atoms with Gasteiger partial charge in [-0.05, 0) is 33.2 Å². The SMILES string of the molecule is CCNC(C)C(c1cc(OC(C)C)ncn1)C(C)C. The first kappa shape index (κ1) is 15.9. The van der Waals surface area contributed by atoms with Crippen LogP contribution in [0.2, 0.25) is 0 Å². The van der Waals surface area contributed by atoms with E-state index in [2.05, 4.69) is 43.0 Å². The van der Waals surface area contributed by atoms with Gasteiger partial charge in [0.15, 0.2) is 0 Å². The Morgan fingerprint density at radius 3 is 2.37 bits per heavy atom. The number of hydrogen-bond donors (Lipinski definition) is 1. The highest BCUT2D eigenvalue weighted by molar-refractivity contribution is 5.19. The van der Waals surface area contributed by atoms with E-state index in [9.17, 15) is 0 Å². The first-order valence-corrected chi connectivity index (χ1v) is 7.17. The molecule has 19 heavy (non-hydrogen) atoms. The normalized spacial score (nSPS) is 14.7. The van der Waals surface area contributed by atoms with Gasteiger partial charge in [-0.3, -0.25) is 0 Å². The number of hydrogen-bond acceptors (Lipinski definition) is 4. The maximum Gasteiger partial charge on any atom is 0.216 e. The lowest BCUT2D eigenvalue weighted by molar-refractivity contribution is 0.231. The number of rotatable bonds is 7. The van der Waals surface area contributed by atoms with Crippen molar-refractivity contribution in [1.29, 1.82) is 0 Å². The molecule has 1 rings (SSSR count). The van der Waals surface area contributed by atoms with Gasteiger partial charge in [0.25, 0.3) is 0 Å². The second kappa shape index (κ2) is 7.43. The van der Waals surface area contributed by atoms with Crippen molar-refractivity contribution in [1.82, 2.24) is 15.3 Å². The quantitative estimate of drug-likeness (QED) is 0.823. The van der Waals surface area contributed by atoms with Gasteiger partial charge in [-0.25, -0.2) is 9.97 Å². The van der Waals surface area contributed by atoms with Crippen molar-refractivity contribution < 1.29 is 4.74 Å². The molecule has 0 aromatic carbocycles. The fourth-order valence-electron chi connectivity index (χ4n) is 2.47. The van der Waals surface area contributed by atoms with Gasteiger partial charge >= 0.3 is 0 Å². The molecule has 0 bridgehead atoms. The summed E-state index contributed by atoms with van der Waals surface area (Å²) in [4.78, 5) is 8.61. The fourth-order valence-corrected chi connectivity index (χ4v) is 2.47. The van der Waals surface area contributed by atoms with Crippen LogP contribution in [0.25, 0.3) is 0 Å². The van der Waals surface area contributed by atoms with E-state index in [-0.39, 0.29) is 6.10 Å². The summed E-state index contributed by atoms with van der Waals surface area (Å²) in [5.74, 6) is 1.53. The van der Waals surface area contributed by atoms with Crippen molar-refractivity contribution in [3.05, 3.63) is 18.1 Å². The monoisotopic (exact) mass is 265 g/mol. The lowest BCUT2D eigenvalue weighted by Crippen LogP contribution is -2.35. The average Bonchev–Trinajstić information content (AvgIpc) is 2.28. The molecule has 0 saturated heterocycles. The molecule has 108 valence electrons. The molecule has 1 N–H and O–H groups in total. The minimum atomic E-state index is 0.131. The Hall–Kier alpha value is -1.16. The molecule has 0 aliphatic rings. The van der Waals surface area contributed by atoms with E-state index >= 15 is 0 Å². The third-order valence-electron chi connectivity index (χ3n) is 3.14. The van der Waals surface area contributed by atoms with Crippen LogP contribution in [-0.4, -0.2) is 28.7 Å². The van der Waals surface area contributed by atoms with Crippen molar-refractivity contribution >= 4 is 0 Å². The zero-order valence-corrected chi connectivity index (χ0v) is 13.0. The molecular weight excluding hydrogens is 238 g/mol. The summed E-state index contributed by atoms with van der Waals surface area (Å²) in [7, 11) is 0. The third kappa shape index (κ3) is 4.78. The molecule has 1 aromatic rings. The molecule has 0 spiro atoms. The van der Waals surface area contributed by atoms with Gasteiger partial charge in [-0.15, -0.1) is 0 Å². The van der Waals surface area contributed by atoms with E-state index in [4.69, 9.17) is 4.74 Å². The highest BCUT2D eigenvalue weighted by atomic mass is 16.5. The van der Waals surface area contributed by atoms with Crippen molar-refractivity contribution in [3.63, 3.8) is 0 Å². The van der Waals surface area contributed by atoms with E-state index < -0.39 is 0 Å². The minimum absolute atomic E-state index is 0.131. The summed E-state index contributed by atoms with van der Waals surface area (Å²) in [6, 6.07) is 2.35. The van der Waals surface area contributed by atoms with E-state index in [1.807, 2.05) is 19.9 Å². The smallest absolute Gasteiger partial charge is 0.216 e. The Balaban J connectivity index is 2.96. The molecular formula is C15H27N3O. The Morgan fingerprint density at radius 1 is 1.16 bits per heavy atom. The van der Waals surface area contributed by atoms with E-state index in [1.165, 1.54) is 0 Å². The number of ether oxygens (including phenoxy) is 1. The van der Waals surface area contributed by atoms with Crippen LogP contribution in [-0.2, 0) is 0 Å². The molecule has 0 aliphatic heterocycles. The summed E-state index contributed by atoms with van der Waals surface area (Å²) >= 11 is 0. The number of likely N-dealkylation sites (N-methyl/N-ethyl adjacent to an activating group) is 1. The lowest BCUT2D eigenvalue weighted by atomic mass is 9.86. The standard InChI is InChI=1S/C15H27N3O/c1-7-16-12(6)15(10(2)3)13-8-14(18-9-17-13)19-11(4)5/h8-12,15-16H,7H2,1-6H3. The summed E-state index contributed by atoms with van der Waals surface area (Å²) in [5.41, 5.74) is 1.05. The van der Waals surface area contributed by atoms with Crippen molar-refractivity contribution in [2.75, 3.05) is 6.54 Å². The van der Waals surface area contributed by atoms with Crippen molar-refractivity contribution in [2.24, 2.45) is 5.92 Å². The van der Waals surface area contributed by atoms with Gasteiger partial charge in [0.1, 0.15) is 6.33 Å². The first-order valence-electron chi connectivity index (χ1n) is 7.17. The second-order valence-corrected chi connectivity index (χ2v) is 5.56. The van der Waals surface area contributed by atoms with Crippen LogP contribution in [0.15, 0.2) is 12.4 Å². The van der Waals surface area contributed by atoms with Crippen LogP contribution >= 0.6 is 0 Å². The van der Waals surface area contributed by atoms with Gasteiger partial charge in [0.2, 0.25) is 5.88 Å². The highest BCUT2D eigenvalue weighted by Crippen LogP contribution is 2.28. The largest absolute Gasteiger partial charge is 0.475 e. The maximum absolute atomic E-state index is 5.65. The van der Waals surface area contributed by atoms with Crippen LogP contribution in [0.3, 0.4) is 0 Å². The summed E-state index contributed by atoms with van der Waals surface area (Å²) < 4.78 is 5.65. The van der Waals surface area contributed by atoms with Gasteiger partial charge in [0.05, 0.1) is 11.8 Å². The lowest BCUT2D eigenvalue weighted by Gasteiger charge is -2.27. The van der Waals surface area contributed by atoms with E-state index in [0.29, 0.717) is 23.8 Å². The molecule has 2 atom stereocenters. The van der Waals surface area contributed by atoms with Crippen LogP contribution in [0.4, 0.5) is 0 Å². The molecule has 0 saturated carbocycles. The Labute approximate surface area is 117 Å². The van der Waals surface area contributed by atoms with Crippen LogP contribution < -0.4 is 10.1 Å². The highest BCUT2D eigenvalue weighted by Gasteiger charge is 2.24. The van der Waals surface area contributed by atoms with Crippen LogP contribution in [0, 0.1) is 5.92 Å². The summed E-state index contributed by atoms with van der Waals surface area (Å²) in [6.45, 7) is 13.8. The summed E-state index contributed by atoms with van der Waals surface area (Å²) in [5, 5.41) is 3.48. The first-order chi connectivity index (χ1) is 8.95. The van der Waals surface area contributed by atoms with Gasteiger partial charge in [-0.2, -0.15) is 0 Å². The topological polar surface area (TPSA) is 47.0 Å². The van der Waals surface area contributed by atoms with Crippen molar-refractivity contribution in [3.8, 4) is 5.88 Å². The molecule has 0 amide bonds. The molecule has 2 unspecified atom stereocenters. The number of nitrogens with one attached hydrogen (secondary N) is 1. The van der Waals surface area contributed by atoms with Crippen LogP contribution in [0.1, 0.15) is 53.2 Å². The average molecular weight is 265 g/mol. The zero-order valence-electron chi connectivity index (χ0n) is 13.0. The Kier molecular flexibility index (Phi) is 6.22. The summed E-state index contributed by atoms with van der Waals surface area (Å²) in [6.07, 6.45) is 1.73. The maximum atomic E-state index is 5.65. The van der Waals surface area contributed by atoms with Gasteiger partial charge < -0.3 is 10.1 Å². The third-order valence-corrected chi connectivity index (χ3v) is 3.14. The Bertz CT molecular complexity index is 379. The fraction of sp³-hybridized carbons (Fsp3) is 0.733. The van der Waals surface area contributed by atoms with Gasteiger partial charge in [0, 0.05) is 18.0 Å². The molecule has 0 radical (unpaired) electrons. The molecule has 4 heteroatoms. The zero-order chi connectivity index (χ0) is 14.4. The molecule has 1 aromatic heterocycles. The molecule has 1 heterocycles. The molecule has 0 aliphatic carbocycles. The second-order valence-electron chi connectivity index (χ2n) is 5.56. The molecule has 0 fully saturated rings.